The van der Waals surface area contributed by atoms with E-state index in [1.54, 1.807) is 29.2 Å². The normalized spacial score (nSPS) is 16.0. The van der Waals surface area contributed by atoms with Crippen molar-refractivity contribution in [2.75, 3.05) is 40.0 Å². The van der Waals surface area contributed by atoms with E-state index in [-0.39, 0.29) is 11.8 Å². The smallest absolute Gasteiger partial charge is 0.274 e. The minimum Gasteiger partial charge on any atom is -0.497 e. The van der Waals surface area contributed by atoms with Crippen molar-refractivity contribution < 1.29 is 19.1 Å². The third kappa shape index (κ3) is 3.73. The molecule has 0 bridgehead atoms. The summed E-state index contributed by atoms with van der Waals surface area (Å²) in [7, 11) is 1.61. The Morgan fingerprint density at radius 1 is 1.03 bits per heavy atom. The van der Waals surface area contributed by atoms with Crippen LogP contribution in [0.5, 0.6) is 5.75 Å². The van der Waals surface area contributed by atoms with E-state index < -0.39 is 0 Å². The van der Waals surface area contributed by atoms with Crippen molar-refractivity contribution in [3.8, 4) is 17.0 Å². The topological polar surface area (TPSA) is 106 Å². The van der Waals surface area contributed by atoms with Gasteiger partial charge in [-0.3, -0.25) is 19.4 Å². The number of aromatic nitrogens is 4. The monoisotopic (exact) mass is 436 g/mol. The standard InChI is InChI=1S/C22H24N6O4/c1-31-17-4-2-15(3-5-17)20-18(13-23-24-20)21(29)27-6-7-28-16(14-27)12-19(25-28)22(30)26-8-10-32-11-9-26/h2-5,12-13H,6-11,14H2,1H3,(H,23,24). The maximum Gasteiger partial charge on any atom is 0.274 e. The molecule has 1 N–H and O–H groups in total. The van der Waals surface area contributed by atoms with Gasteiger partial charge in [-0.25, -0.2) is 0 Å². The van der Waals surface area contributed by atoms with E-state index in [0.717, 1.165) is 17.0 Å². The lowest BCUT2D eigenvalue weighted by molar-refractivity contribution is 0.0298. The van der Waals surface area contributed by atoms with E-state index in [2.05, 4.69) is 15.3 Å². The molecule has 10 nitrogen and oxygen atoms in total. The molecule has 0 saturated carbocycles. The van der Waals surface area contributed by atoms with Gasteiger partial charge in [0.15, 0.2) is 5.69 Å². The maximum atomic E-state index is 13.3. The molecule has 4 heterocycles. The molecule has 1 aromatic carbocycles. The minimum absolute atomic E-state index is 0.0929. The quantitative estimate of drug-likeness (QED) is 0.663. The summed E-state index contributed by atoms with van der Waals surface area (Å²) in [5, 5.41) is 11.5. The minimum atomic E-state index is -0.113. The number of methoxy groups -OCH3 is 1. The molecule has 10 heteroatoms. The fourth-order valence-electron chi connectivity index (χ4n) is 4.07. The summed E-state index contributed by atoms with van der Waals surface area (Å²) in [6, 6.07) is 9.25. The molecule has 0 aliphatic carbocycles. The van der Waals surface area contributed by atoms with Crippen LogP contribution < -0.4 is 4.74 Å². The molecule has 2 aromatic heterocycles. The first-order valence-electron chi connectivity index (χ1n) is 10.5. The largest absolute Gasteiger partial charge is 0.497 e. The highest BCUT2D eigenvalue weighted by molar-refractivity contribution is 6.00. The molecule has 2 aliphatic rings. The third-order valence-electron chi connectivity index (χ3n) is 5.85. The Bertz CT molecular complexity index is 1130. The molecular formula is C22H24N6O4. The van der Waals surface area contributed by atoms with Gasteiger partial charge < -0.3 is 19.3 Å². The van der Waals surface area contributed by atoms with Gasteiger partial charge >= 0.3 is 0 Å². The SMILES string of the molecule is COc1ccc(-c2[nH]ncc2C(=O)N2CCn3nc(C(=O)N4CCOCC4)cc3C2)cc1. The van der Waals surface area contributed by atoms with Gasteiger partial charge in [0, 0.05) is 25.2 Å². The molecule has 2 aliphatic heterocycles. The van der Waals surface area contributed by atoms with Crippen molar-refractivity contribution in [3.63, 3.8) is 0 Å². The predicted octanol–water partition coefficient (Wildman–Crippen LogP) is 1.41. The molecule has 0 unspecified atom stereocenters. The summed E-state index contributed by atoms with van der Waals surface area (Å²) in [5.41, 5.74) is 3.29. The van der Waals surface area contributed by atoms with Crippen LogP contribution in [-0.4, -0.2) is 81.5 Å². The van der Waals surface area contributed by atoms with Crippen LogP contribution in [0.2, 0.25) is 0 Å². The number of fused-ring (bicyclic) bond motifs is 1. The third-order valence-corrected chi connectivity index (χ3v) is 5.85. The van der Waals surface area contributed by atoms with Gasteiger partial charge in [-0.2, -0.15) is 10.2 Å². The molecule has 166 valence electrons. The predicted molar refractivity (Wildman–Crippen MR) is 114 cm³/mol. The summed E-state index contributed by atoms with van der Waals surface area (Å²) in [4.78, 5) is 29.6. The number of aromatic amines is 1. The molecule has 32 heavy (non-hydrogen) atoms. The van der Waals surface area contributed by atoms with Crippen LogP contribution in [-0.2, 0) is 17.8 Å². The number of hydrogen-bond donors (Lipinski definition) is 1. The van der Waals surface area contributed by atoms with E-state index >= 15 is 0 Å². The second-order valence-corrected chi connectivity index (χ2v) is 7.76. The van der Waals surface area contributed by atoms with Crippen LogP contribution in [0.1, 0.15) is 26.5 Å². The fraction of sp³-hybridized carbons (Fsp3) is 0.364. The van der Waals surface area contributed by atoms with E-state index in [4.69, 9.17) is 9.47 Å². The van der Waals surface area contributed by atoms with Crippen molar-refractivity contribution in [1.82, 2.24) is 29.8 Å². The van der Waals surface area contributed by atoms with Gasteiger partial charge in [0.2, 0.25) is 0 Å². The van der Waals surface area contributed by atoms with Gasteiger partial charge in [-0.05, 0) is 30.3 Å². The molecule has 5 rings (SSSR count). The average Bonchev–Trinajstić information content (AvgIpc) is 3.50. The van der Waals surface area contributed by atoms with Crippen molar-refractivity contribution in [2.45, 2.75) is 13.1 Å². The lowest BCUT2D eigenvalue weighted by atomic mass is 10.1. The molecule has 0 spiro atoms. The lowest BCUT2D eigenvalue weighted by Gasteiger charge is -2.27. The number of ether oxygens (including phenoxy) is 2. The number of rotatable bonds is 4. The van der Waals surface area contributed by atoms with Crippen molar-refractivity contribution in [3.05, 3.63) is 53.5 Å². The van der Waals surface area contributed by atoms with Gasteiger partial charge in [0.05, 0.1) is 56.6 Å². The highest BCUT2D eigenvalue weighted by atomic mass is 16.5. The number of H-pyrrole nitrogens is 1. The number of amides is 2. The Morgan fingerprint density at radius 3 is 2.56 bits per heavy atom. The second-order valence-electron chi connectivity index (χ2n) is 7.76. The molecule has 3 aromatic rings. The Balaban J connectivity index is 1.33. The van der Waals surface area contributed by atoms with Crippen LogP contribution in [0.15, 0.2) is 36.5 Å². The highest BCUT2D eigenvalue weighted by Crippen LogP contribution is 2.26. The van der Waals surface area contributed by atoms with Crippen LogP contribution in [0.3, 0.4) is 0 Å². The summed E-state index contributed by atoms with van der Waals surface area (Å²) in [6.45, 7) is 3.65. The second kappa shape index (κ2) is 8.46. The van der Waals surface area contributed by atoms with E-state index in [0.29, 0.717) is 62.9 Å². The molecule has 0 radical (unpaired) electrons. The first-order valence-corrected chi connectivity index (χ1v) is 10.5. The fourth-order valence-corrected chi connectivity index (χ4v) is 4.07. The lowest BCUT2D eigenvalue weighted by Crippen LogP contribution is -2.41. The maximum absolute atomic E-state index is 13.3. The number of morpholine rings is 1. The molecule has 1 saturated heterocycles. The summed E-state index contributed by atoms with van der Waals surface area (Å²) < 4.78 is 12.3. The number of carbonyl (C=O) groups is 2. The number of carbonyl (C=O) groups excluding carboxylic acids is 2. The first-order chi connectivity index (χ1) is 15.6. The Labute approximate surface area is 184 Å². The average molecular weight is 436 g/mol. The van der Waals surface area contributed by atoms with E-state index in [1.807, 2.05) is 28.9 Å². The van der Waals surface area contributed by atoms with Crippen molar-refractivity contribution in [2.24, 2.45) is 0 Å². The van der Waals surface area contributed by atoms with Gasteiger partial charge in [0.1, 0.15) is 5.75 Å². The number of nitrogens with one attached hydrogen (secondary N) is 1. The Morgan fingerprint density at radius 2 is 1.81 bits per heavy atom. The summed E-state index contributed by atoms with van der Waals surface area (Å²) in [6.07, 6.45) is 1.56. The van der Waals surface area contributed by atoms with E-state index in [9.17, 15) is 9.59 Å². The van der Waals surface area contributed by atoms with E-state index in [1.165, 1.54) is 0 Å². The van der Waals surface area contributed by atoms with Crippen LogP contribution in [0.25, 0.3) is 11.3 Å². The molecule has 0 atom stereocenters. The Hall–Kier alpha value is -3.66. The zero-order valence-electron chi connectivity index (χ0n) is 17.8. The van der Waals surface area contributed by atoms with Gasteiger partial charge in [-0.1, -0.05) is 0 Å². The first kappa shape index (κ1) is 20.3. The van der Waals surface area contributed by atoms with Crippen molar-refractivity contribution >= 4 is 11.8 Å². The zero-order valence-corrected chi connectivity index (χ0v) is 17.8. The van der Waals surface area contributed by atoms with Gasteiger partial charge in [-0.15, -0.1) is 0 Å². The van der Waals surface area contributed by atoms with Crippen LogP contribution >= 0.6 is 0 Å². The van der Waals surface area contributed by atoms with Gasteiger partial charge in [0.25, 0.3) is 11.8 Å². The highest BCUT2D eigenvalue weighted by Gasteiger charge is 2.28. The molecule has 2 amide bonds. The Kier molecular flexibility index (Phi) is 5.36. The van der Waals surface area contributed by atoms with Crippen LogP contribution in [0, 0.1) is 0 Å². The zero-order chi connectivity index (χ0) is 22.1. The molecule has 1 fully saturated rings. The summed E-state index contributed by atoms with van der Waals surface area (Å²) in [5.74, 6) is 0.538. The van der Waals surface area contributed by atoms with Crippen molar-refractivity contribution in [1.29, 1.82) is 0 Å². The van der Waals surface area contributed by atoms with Crippen LogP contribution in [0.4, 0.5) is 0 Å². The molecular weight excluding hydrogens is 412 g/mol. The summed E-state index contributed by atoms with van der Waals surface area (Å²) >= 11 is 0. The number of hydrogen-bond acceptors (Lipinski definition) is 6. The number of benzene rings is 1. The number of nitrogens with zero attached hydrogens (tertiary/aromatic N) is 5.